The number of benzene rings is 1. The Bertz CT molecular complexity index is 717. The highest BCUT2D eigenvalue weighted by atomic mass is 127. The maximum atomic E-state index is 5.66. The number of hydrogen-bond donors (Lipinski definition) is 2. The van der Waals surface area contributed by atoms with Crippen molar-refractivity contribution in [3.63, 3.8) is 0 Å². The van der Waals surface area contributed by atoms with E-state index in [1.165, 1.54) is 4.88 Å². The topological polar surface area (TPSA) is 67.8 Å². The molecule has 0 atom stereocenters. The van der Waals surface area contributed by atoms with E-state index >= 15 is 0 Å². The average Bonchev–Trinajstić information content (AvgIpc) is 2.98. The monoisotopic (exact) mass is 518 g/mol. The lowest BCUT2D eigenvalue weighted by Gasteiger charge is -2.11. The van der Waals surface area contributed by atoms with Crippen LogP contribution in [0.2, 0.25) is 0 Å². The van der Waals surface area contributed by atoms with Crippen LogP contribution in [0.4, 0.5) is 0 Å². The Morgan fingerprint density at radius 3 is 2.71 bits per heavy atom. The van der Waals surface area contributed by atoms with Gasteiger partial charge >= 0.3 is 0 Å². The minimum absolute atomic E-state index is 0. The summed E-state index contributed by atoms with van der Waals surface area (Å²) in [5.41, 5.74) is 2.23. The molecule has 0 aliphatic rings. The summed E-state index contributed by atoms with van der Waals surface area (Å²) in [4.78, 5) is 10.5. The fourth-order valence-electron chi connectivity index (χ4n) is 2.42. The third-order valence-corrected chi connectivity index (χ3v) is 5.06. The van der Waals surface area contributed by atoms with Crippen molar-refractivity contribution in [1.29, 1.82) is 0 Å². The summed E-state index contributed by atoms with van der Waals surface area (Å²) in [6.45, 7) is 9.57. The van der Waals surface area contributed by atoms with E-state index in [9.17, 15) is 0 Å². The van der Waals surface area contributed by atoms with E-state index in [-0.39, 0.29) is 24.0 Å². The molecule has 0 spiro atoms. The average molecular weight is 518 g/mol. The number of nitrogens with one attached hydrogen (secondary N) is 2. The third kappa shape index (κ3) is 8.74. The van der Waals surface area contributed by atoms with Gasteiger partial charge in [-0.1, -0.05) is 12.1 Å². The summed E-state index contributed by atoms with van der Waals surface area (Å²) < 4.78 is 10.7. The molecule has 0 radical (unpaired) electrons. The first kappa shape index (κ1) is 24.6. The molecule has 28 heavy (non-hydrogen) atoms. The van der Waals surface area contributed by atoms with Crippen LogP contribution in [-0.2, 0) is 17.7 Å². The molecule has 0 amide bonds. The highest BCUT2D eigenvalue weighted by molar-refractivity contribution is 14.0. The van der Waals surface area contributed by atoms with Crippen molar-refractivity contribution in [2.75, 3.05) is 33.4 Å². The number of nitrogens with zero attached hydrogens (tertiary/aromatic N) is 2. The van der Waals surface area contributed by atoms with Gasteiger partial charge < -0.3 is 20.1 Å². The van der Waals surface area contributed by atoms with Gasteiger partial charge in [0.2, 0.25) is 0 Å². The van der Waals surface area contributed by atoms with E-state index in [2.05, 4.69) is 47.4 Å². The van der Waals surface area contributed by atoms with E-state index in [1.807, 2.05) is 18.2 Å². The molecule has 0 unspecified atom stereocenters. The molecule has 2 rings (SSSR count). The first-order chi connectivity index (χ1) is 13.1. The maximum Gasteiger partial charge on any atom is 0.191 e. The second-order valence-corrected chi connectivity index (χ2v) is 7.40. The Labute approximate surface area is 189 Å². The predicted octanol–water partition coefficient (Wildman–Crippen LogP) is 3.70. The summed E-state index contributed by atoms with van der Waals surface area (Å²) in [7, 11) is 1.67. The quantitative estimate of drug-likeness (QED) is 0.217. The normalized spacial score (nSPS) is 11.1. The largest absolute Gasteiger partial charge is 0.491 e. The fourth-order valence-corrected chi connectivity index (χ4v) is 3.36. The van der Waals surface area contributed by atoms with Crippen LogP contribution in [0.15, 0.2) is 29.3 Å². The Kier molecular flexibility index (Phi) is 12.1. The molecule has 6 nitrogen and oxygen atoms in total. The predicted molar refractivity (Wildman–Crippen MR) is 127 cm³/mol. The molecular weight excluding hydrogens is 487 g/mol. The van der Waals surface area contributed by atoms with Crippen LogP contribution in [0.25, 0.3) is 0 Å². The lowest BCUT2D eigenvalue weighted by molar-refractivity contribution is 0.146. The Morgan fingerprint density at radius 2 is 2.04 bits per heavy atom. The first-order valence-electron chi connectivity index (χ1n) is 9.28. The summed E-state index contributed by atoms with van der Waals surface area (Å²) in [5.74, 6) is 1.65. The van der Waals surface area contributed by atoms with Crippen molar-refractivity contribution in [2.45, 2.75) is 33.7 Å². The van der Waals surface area contributed by atoms with Gasteiger partial charge in [-0.2, -0.15) is 0 Å². The summed E-state index contributed by atoms with van der Waals surface area (Å²) in [5, 5.41) is 7.83. The van der Waals surface area contributed by atoms with E-state index in [1.54, 1.807) is 18.4 Å². The molecule has 2 N–H and O–H groups in total. The minimum Gasteiger partial charge on any atom is -0.491 e. The zero-order valence-electron chi connectivity index (χ0n) is 17.1. The van der Waals surface area contributed by atoms with Gasteiger partial charge in [0.05, 0.1) is 23.9 Å². The van der Waals surface area contributed by atoms with Gasteiger partial charge in [-0.3, -0.25) is 0 Å². The Morgan fingerprint density at radius 1 is 1.21 bits per heavy atom. The molecule has 0 fully saturated rings. The smallest absolute Gasteiger partial charge is 0.191 e. The zero-order chi connectivity index (χ0) is 19.5. The molecule has 0 bridgehead atoms. The molecule has 1 heterocycles. The van der Waals surface area contributed by atoms with Gasteiger partial charge in [-0.05, 0) is 38.5 Å². The number of halogens is 1. The van der Waals surface area contributed by atoms with Crippen LogP contribution in [-0.4, -0.2) is 44.4 Å². The van der Waals surface area contributed by atoms with Crippen LogP contribution in [0, 0.1) is 13.8 Å². The highest BCUT2D eigenvalue weighted by Gasteiger charge is 2.04. The van der Waals surface area contributed by atoms with E-state index in [4.69, 9.17) is 9.47 Å². The second-order valence-electron chi connectivity index (χ2n) is 6.11. The Hall–Kier alpha value is -1.39. The van der Waals surface area contributed by atoms with Gasteiger partial charge in [0.1, 0.15) is 12.4 Å². The number of aromatic nitrogens is 1. The zero-order valence-corrected chi connectivity index (χ0v) is 20.2. The summed E-state index contributed by atoms with van der Waals surface area (Å²) in [6.07, 6.45) is 0.895. The molecule has 0 aliphatic carbocycles. The molecule has 8 heteroatoms. The standard InChI is InChI=1S/C20H30N4O2S.HI/c1-5-21-20(22-10-9-19-24-15(2)16(3)27-19)23-14-17-7-6-8-18(13-17)26-12-11-25-4;/h6-8,13H,5,9-12,14H2,1-4H3,(H2,21,22,23);1H. The number of hydrogen-bond acceptors (Lipinski definition) is 5. The van der Waals surface area contributed by atoms with E-state index < -0.39 is 0 Å². The molecule has 2 aromatic rings. The number of rotatable bonds is 10. The second kappa shape index (κ2) is 13.7. The summed E-state index contributed by atoms with van der Waals surface area (Å²) >= 11 is 1.77. The van der Waals surface area contributed by atoms with Gasteiger partial charge in [-0.25, -0.2) is 9.98 Å². The minimum atomic E-state index is 0. The first-order valence-corrected chi connectivity index (χ1v) is 10.1. The number of aliphatic imine (C=N–C) groups is 1. The molecular formula is C20H31IN4O2S. The molecule has 156 valence electrons. The van der Waals surface area contributed by atoms with Crippen molar-refractivity contribution in [1.82, 2.24) is 15.6 Å². The fraction of sp³-hybridized carbons (Fsp3) is 0.500. The third-order valence-electron chi connectivity index (χ3n) is 3.92. The van der Waals surface area contributed by atoms with Gasteiger partial charge in [0, 0.05) is 31.5 Å². The molecule has 0 aliphatic heterocycles. The van der Waals surface area contributed by atoms with E-state index in [0.717, 1.165) is 47.5 Å². The Balaban J connectivity index is 0.00000392. The van der Waals surface area contributed by atoms with Crippen molar-refractivity contribution < 1.29 is 9.47 Å². The molecule has 0 saturated heterocycles. The highest BCUT2D eigenvalue weighted by Crippen LogP contribution is 2.16. The van der Waals surface area contributed by atoms with Crippen LogP contribution >= 0.6 is 35.3 Å². The molecule has 1 aromatic carbocycles. The lowest BCUT2D eigenvalue weighted by Crippen LogP contribution is -2.38. The van der Waals surface area contributed by atoms with E-state index in [0.29, 0.717) is 19.8 Å². The van der Waals surface area contributed by atoms with Crippen LogP contribution in [0.5, 0.6) is 5.75 Å². The number of thiazole rings is 1. The van der Waals surface area contributed by atoms with Crippen LogP contribution in [0.1, 0.15) is 28.1 Å². The van der Waals surface area contributed by atoms with Gasteiger partial charge in [0.15, 0.2) is 5.96 Å². The van der Waals surface area contributed by atoms with Crippen molar-refractivity contribution in [2.24, 2.45) is 4.99 Å². The van der Waals surface area contributed by atoms with Crippen molar-refractivity contribution in [3.8, 4) is 5.75 Å². The summed E-state index contributed by atoms with van der Waals surface area (Å²) in [6, 6.07) is 8.01. The number of guanidine groups is 1. The number of ether oxygens (including phenoxy) is 2. The SMILES string of the molecule is CCNC(=NCc1cccc(OCCOC)c1)NCCc1nc(C)c(C)s1.I. The van der Waals surface area contributed by atoms with Crippen molar-refractivity contribution >= 4 is 41.3 Å². The van der Waals surface area contributed by atoms with Gasteiger partial charge in [-0.15, -0.1) is 35.3 Å². The van der Waals surface area contributed by atoms with Gasteiger partial charge in [0.25, 0.3) is 0 Å². The van der Waals surface area contributed by atoms with Crippen LogP contribution in [0.3, 0.4) is 0 Å². The van der Waals surface area contributed by atoms with Crippen LogP contribution < -0.4 is 15.4 Å². The lowest BCUT2D eigenvalue weighted by atomic mass is 10.2. The maximum absolute atomic E-state index is 5.66. The molecule has 1 aromatic heterocycles. The number of aryl methyl sites for hydroxylation is 2. The van der Waals surface area contributed by atoms with Crippen molar-refractivity contribution in [3.05, 3.63) is 45.4 Å². The molecule has 0 saturated carbocycles. The number of methoxy groups -OCH3 is 1.